The summed E-state index contributed by atoms with van der Waals surface area (Å²) in [6.07, 6.45) is 3.53. The van der Waals surface area contributed by atoms with E-state index >= 15 is 0 Å². The molecule has 0 atom stereocenters. The van der Waals surface area contributed by atoms with Crippen LogP contribution in [0.1, 0.15) is 25.3 Å². The summed E-state index contributed by atoms with van der Waals surface area (Å²) in [7, 11) is 0. The monoisotopic (exact) mass is 210 g/mol. The average molecular weight is 210 g/mol. The highest BCUT2D eigenvalue weighted by Crippen LogP contribution is 2.22. The van der Waals surface area contributed by atoms with Crippen molar-refractivity contribution in [2.24, 2.45) is 0 Å². The first-order valence-electron chi connectivity index (χ1n) is 5.20. The molecule has 0 heterocycles. The molecule has 1 aromatic rings. The first kappa shape index (κ1) is 11.9. The maximum atomic E-state index is 13.0. The van der Waals surface area contributed by atoms with Crippen molar-refractivity contribution in [2.75, 3.05) is 0 Å². The molecule has 1 aromatic carbocycles. The largest absolute Gasteiger partial charge is 0.266 e. The van der Waals surface area contributed by atoms with E-state index in [1.807, 2.05) is 30.3 Å². The van der Waals surface area contributed by atoms with Crippen molar-refractivity contribution in [3.63, 3.8) is 0 Å². The standard InChI is InChI=1S/C13H16F2/c1-2-10-13(14,15)11-6-9-12-7-4-3-5-8-12/h2-5,7-8,10H,6,9,11H2,1H3/b10-2+. The number of hydrogen-bond donors (Lipinski definition) is 0. The molecule has 0 amide bonds. The molecule has 0 aliphatic rings. The van der Waals surface area contributed by atoms with Gasteiger partial charge in [0.25, 0.3) is 5.92 Å². The van der Waals surface area contributed by atoms with Gasteiger partial charge in [0, 0.05) is 6.42 Å². The van der Waals surface area contributed by atoms with Crippen molar-refractivity contribution in [3.8, 4) is 0 Å². The molecular formula is C13H16F2. The molecule has 0 N–H and O–H groups in total. The third-order valence-electron chi connectivity index (χ3n) is 2.23. The molecular weight excluding hydrogens is 194 g/mol. The van der Waals surface area contributed by atoms with Gasteiger partial charge in [-0.3, -0.25) is 0 Å². The van der Waals surface area contributed by atoms with Crippen LogP contribution in [-0.2, 0) is 6.42 Å². The molecule has 0 nitrogen and oxygen atoms in total. The van der Waals surface area contributed by atoms with E-state index in [0.29, 0.717) is 12.8 Å². The summed E-state index contributed by atoms with van der Waals surface area (Å²) in [5.41, 5.74) is 1.12. The summed E-state index contributed by atoms with van der Waals surface area (Å²) in [6.45, 7) is 1.62. The molecule has 0 unspecified atom stereocenters. The van der Waals surface area contributed by atoms with Gasteiger partial charge in [-0.25, -0.2) is 8.78 Å². The zero-order chi connectivity index (χ0) is 11.1. The first-order chi connectivity index (χ1) is 7.14. The van der Waals surface area contributed by atoms with Crippen LogP contribution in [0.2, 0.25) is 0 Å². The summed E-state index contributed by atoms with van der Waals surface area (Å²) < 4.78 is 26.1. The minimum absolute atomic E-state index is 0.0771. The fourth-order valence-corrected chi connectivity index (χ4v) is 1.50. The number of rotatable bonds is 5. The summed E-state index contributed by atoms with van der Waals surface area (Å²) in [5.74, 6) is -2.65. The lowest BCUT2D eigenvalue weighted by molar-refractivity contribution is 0.0434. The zero-order valence-electron chi connectivity index (χ0n) is 8.92. The van der Waals surface area contributed by atoms with Crippen molar-refractivity contribution in [3.05, 3.63) is 48.0 Å². The zero-order valence-corrected chi connectivity index (χ0v) is 8.92. The van der Waals surface area contributed by atoms with Crippen molar-refractivity contribution in [2.45, 2.75) is 32.1 Å². The van der Waals surface area contributed by atoms with Gasteiger partial charge in [-0.15, -0.1) is 0 Å². The lowest BCUT2D eigenvalue weighted by Crippen LogP contribution is -2.11. The van der Waals surface area contributed by atoms with Crippen LogP contribution in [0.25, 0.3) is 0 Å². The summed E-state index contributed by atoms with van der Waals surface area (Å²) in [6, 6.07) is 9.72. The van der Waals surface area contributed by atoms with Gasteiger partial charge >= 0.3 is 0 Å². The molecule has 15 heavy (non-hydrogen) atoms. The van der Waals surface area contributed by atoms with Gasteiger partial charge in [0.05, 0.1) is 0 Å². The van der Waals surface area contributed by atoms with Crippen LogP contribution in [0, 0.1) is 0 Å². The molecule has 0 saturated carbocycles. The number of hydrogen-bond acceptors (Lipinski definition) is 0. The minimum Gasteiger partial charge on any atom is -0.202 e. The summed E-state index contributed by atoms with van der Waals surface area (Å²) in [5, 5.41) is 0. The second-order valence-electron chi connectivity index (χ2n) is 3.60. The molecule has 0 saturated heterocycles. The fraction of sp³-hybridized carbons (Fsp3) is 0.385. The quantitative estimate of drug-likeness (QED) is 0.638. The Hall–Kier alpha value is -1.18. The Morgan fingerprint density at radius 2 is 1.87 bits per heavy atom. The van der Waals surface area contributed by atoms with Gasteiger partial charge in [-0.1, -0.05) is 36.4 Å². The molecule has 0 bridgehead atoms. The summed E-state index contributed by atoms with van der Waals surface area (Å²) in [4.78, 5) is 0. The van der Waals surface area contributed by atoms with E-state index in [0.717, 1.165) is 11.6 Å². The molecule has 0 radical (unpaired) electrons. The Balaban J connectivity index is 2.34. The summed E-state index contributed by atoms with van der Waals surface area (Å²) >= 11 is 0. The van der Waals surface area contributed by atoms with Gasteiger partial charge < -0.3 is 0 Å². The van der Waals surface area contributed by atoms with E-state index in [4.69, 9.17) is 0 Å². The minimum atomic E-state index is -2.65. The van der Waals surface area contributed by atoms with E-state index in [-0.39, 0.29) is 6.42 Å². The number of halogens is 2. The van der Waals surface area contributed by atoms with Crippen LogP contribution in [0.5, 0.6) is 0 Å². The molecule has 82 valence electrons. The average Bonchev–Trinajstić information content (AvgIpc) is 2.19. The smallest absolute Gasteiger partial charge is 0.202 e. The highest BCUT2D eigenvalue weighted by Gasteiger charge is 2.23. The van der Waals surface area contributed by atoms with Gasteiger partial charge in [0.15, 0.2) is 0 Å². The number of benzene rings is 1. The van der Waals surface area contributed by atoms with Gasteiger partial charge in [-0.2, -0.15) is 0 Å². The SMILES string of the molecule is C/C=C/C(F)(F)CCCc1ccccc1. The Morgan fingerprint density at radius 1 is 1.20 bits per heavy atom. The van der Waals surface area contributed by atoms with Crippen molar-refractivity contribution in [1.82, 2.24) is 0 Å². The fourth-order valence-electron chi connectivity index (χ4n) is 1.50. The number of aryl methyl sites for hydroxylation is 1. The van der Waals surface area contributed by atoms with Crippen LogP contribution < -0.4 is 0 Å². The molecule has 0 spiro atoms. The van der Waals surface area contributed by atoms with Gasteiger partial charge in [0.2, 0.25) is 0 Å². The Labute approximate surface area is 89.6 Å². The highest BCUT2D eigenvalue weighted by atomic mass is 19.3. The Morgan fingerprint density at radius 3 is 2.47 bits per heavy atom. The second-order valence-corrected chi connectivity index (χ2v) is 3.60. The normalized spacial score (nSPS) is 12.2. The number of alkyl halides is 2. The topological polar surface area (TPSA) is 0 Å². The maximum Gasteiger partial charge on any atom is 0.266 e. The van der Waals surface area contributed by atoms with E-state index in [9.17, 15) is 8.78 Å². The highest BCUT2D eigenvalue weighted by molar-refractivity contribution is 5.14. The van der Waals surface area contributed by atoms with E-state index in [1.54, 1.807) is 6.92 Å². The third-order valence-corrected chi connectivity index (χ3v) is 2.23. The Kier molecular flexibility index (Phi) is 4.47. The maximum absolute atomic E-state index is 13.0. The van der Waals surface area contributed by atoms with Crippen LogP contribution >= 0.6 is 0 Å². The van der Waals surface area contributed by atoms with Crippen LogP contribution in [0.4, 0.5) is 8.78 Å². The molecule has 1 rings (SSSR count). The van der Waals surface area contributed by atoms with Crippen LogP contribution in [0.15, 0.2) is 42.5 Å². The van der Waals surface area contributed by atoms with Gasteiger partial charge in [-0.05, 0) is 31.4 Å². The molecule has 0 aromatic heterocycles. The van der Waals surface area contributed by atoms with E-state index in [1.165, 1.54) is 6.08 Å². The van der Waals surface area contributed by atoms with Gasteiger partial charge in [0.1, 0.15) is 0 Å². The molecule has 2 heteroatoms. The van der Waals surface area contributed by atoms with Crippen LogP contribution in [-0.4, -0.2) is 5.92 Å². The lowest BCUT2D eigenvalue weighted by Gasteiger charge is -2.10. The van der Waals surface area contributed by atoms with Crippen molar-refractivity contribution < 1.29 is 8.78 Å². The molecule has 0 aliphatic heterocycles. The van der Waals surface area contributed by atoms with E-state index in [2.05, 4.69) is 0 Å². The van der Waals surface area contributed by atoms with Crippen molar-refractivity contribution >= 4 is 0 Å². The van der Waals surface area contributed by atoms with Crippen molar-refractivity contribution in [1.29, 1.82) is 0 Å². The third kappa shape index (κ3) is 4.73. The number of allylic oxidation sites excluding steroid dienone is 2. The second kappa shape index (κ2) is 5.64. The van der Waals surface area contributed by atoms with E-state index < -0.39 is 5.92 Å². The predicted molar refractivity (Wildman–Crippen MR) is 59.1 cm³/mol. The predicted octanol–water partition coefficient (Wildman–Crippen LogP) is 4.22. The Bertz CT molecular complexity index is 302. The van der Waals surface area contributed by atoms with Crippen LogP contribution in [0.3, 0.4) is 0 Å². The molecule has 0 aliphatic carbocycles. The first-order valence-corrected chi connectivity index (χ1v) is 5.20. The lowest BCUT2D eigenvalue weighted by atomic mass is 10.1. The molecule has 0 fully saturated rings.